The molecule has 1 aliphatic heterocycles. The lowest BCUT2D eigenvalue weighted by atomic mass is 10.1. The van der Waals surface area contributed by atoms with E-state index < -0.39 is 29.6 Å². The molecule has 0 bridgehead atoms. The highest BCUT2D eigenvalue weighted by Gasteiger charge is 2.24. The standard InChI is InChI=1S/C25H19F2N5O4S/c26-17-8-7-16(12-18(17)27)28-24(34)29-19(10-14-4-2-1-3-5-14)22(33)30-25-32-31-23(37-25)15-6-9-20-21(11-15)36-13-35-20/h1-9,11-12,19H,10,13H2,(H2,28,29,34)(H,30,32,33). The number of nitrogens with one attached hydrogen (secondary N) is 3. The Morgan fingerprint density at radius 2 is 1.73 bits per heavy atom. The number of fused-ring (bicyclic) bond motifs is 1. The van der Waals surface area contributed by atoms with Crippen molar-refractivity contribution < 1.29 is 27.8 Å². The Balaban J connectivity index is 1.29. The number of amides is 3. The molecule has 9 nitrogen and oxygen atoms in total. The molecule has 3 aromatic carbocycles. The van der Waals surface area contributed by atoms with Gasteiger partial charge in [0, 0.05) is 23.7 Å². The van der Waals surface area contributed by atoms with Crippen LogP contribution < -0.4 is 25.4 Å². The molecule has 0 radical (unpaired) electrons. The predicted octanol–water partition coefficient (Wildman–Crippen LogP) is 4.58. The molecule has 1 unspecified atom stereocenters. The molecule has 1 atom stereocenters. The average molecular weight is 524 g/mol. The molecular formula is C25H19F2N5O4S. The van der Waals surface area contributed by atoms with Crippen molar-refractivity contribution >= 4 is 34.1 Å². The number of urea groups is 1. The summed E-state index contributed by atoms with van der Waals surface area (Å²) in [5, 5.41) is 16.6. The number of rotatable bonds is 7. The van der Waals surface area contributed by atoms with Gasteiger partial charge in [0.15, 0.2) is 23.1 Å². The largest absolute Gasteiger partial charge is 0.454 e. The van der Waals surface area contributed by atoms with E-state index in [4.69, 9.17) is 9.47 Å². The molecule has 0 fully saturated rings. The minimum absolute atomic E-state index is 0.0350. The number of carbonyl (C=O) groups is 2. The lowest BCUT2D eigenvalue weighted by Crippen LogP contribution is -2.46. The molecule has 1 aromatic heterocycles. The molecule has 3 N–H and O–H groups in total. The number of anilines is 2. The second kappa shape index (κ2) is 10.6. The minimum atomic E-state index is -1.11. The monoisotopic (exact) mass is 523 g/mol. The van der Waals surface area contributed by atoms with E-state index >= 15 is 0 Å². The van der Waals surface area contributed by atoms with Crippen LogP contribution >= 0.6 is 11.3 Å². The van der Waals surface area contributed by atoms with Gasteiger partial charge >= 0.3 is 6.03 Å². The van der Waals surface area contributed by atoms with Crippen LogP contribution in [0.2, 0.25) is 0 Å². The highest BCUT2D eigenvalue weighted by atomic mass is 32.1. The van der Waals surface area contributed by atoms with Gasteiger partial charge in [-0.1, -0.05) is 41.7 Å². The Labute approximate surface area is 213 Å². The van der Waals surface area contributed by atoms with Crippen LogP contribution in [0.5, 0.6) is 11.5 Å². The van der Waals surface area contributed by atoms with Crippen molar-refractivity contribution in [1.82, 2.24) is 15.5 Å². The lowest BCUT2D eigenvalue weighted by molar-refractivity contribution is -0.117. The second-order valence-electron chi connectivity index (χ2n) is 7.94. The summed E-state index contributed by atoms with van der Waals surface area (Å²) in [5.41, 5.74) is 1.58. The predicted molar refractivity (Wildman–Crippen MR) is 133 cm³/mol. The van der Waals surface area contributed by atoms with Crippen molar-refractivity contribution in [2.45, 2.75) is 12.5 Å². The van der Waals surface area contributed by atoms with E-state index in [1.54, 1.807) is 12.1 Å². The van der Waals surface area contributed by atoms with Crippen molar-refractivity contribution in [3.8, 4) is 22.1 Å². The van der Waals surface area contributed by atoms with Gasteiger partial charge < -0.3 is 20.1 Å². The van der Waals surface area contributed by atoms with E-state index in [0.717, 1.165) is 34.6 Å². The van der Waals surface area contributed by atoms with Gasteiger partial charge in [0.1, 0.15) is 11.0 Å². The first-order valence-corrected chi connectivity index (χ1v) is 11.9. The third-order valence-electron chi connectivity index (χ3n) is 5.36. The highest BCUT2D eigenvalue weighted by molar-refractivity contribution is 7.18. The molecule has 4 aromatic rings. The Morgan fingerprint density at radius 3 is 2.54 bits per heavy atom. The summed E-state index contributed by atoms with van der Waals surface area (Å²) >= 11 is 1.15. The van der Waals surface area contributed by atoms with Crippen LogP contribution in [0.4, 0.5) is 24.4 Å². The van der Waals surface area contributed by atoms with E-state index in [2.05, 4.69) is 26.1 Å². The number of hydrogen-bond acceptors (Lipinski definition) is 7. The first kappa shape index (κ1) is 24.1. The maximum absolute atomic E-state index is 13.5. The smallest absolute Gasteiger partial charge is 0.319 e. The maximum atomic E-state index is 13.5. The van der Waals surface area contributed by atoms with Crippen molar-refractivity contribution in [2.24, 2.45) is 0 Å². The molecule has 2 heterocycles. The quantitative estimate of drug-likeness (QED) is 0.327. The fraction of sp³-hybridized carbons (Fsp3) is 0.120. The van der Waals surface area contributed by atoms with E-state index in [1.807, 2.05) is 36.4 Å². The summed E-state index contributed by atoms with van der Waals surface area (Å²) < 4.78 is 37.4. The summed E-state index contributed by atoms with van der Waals surface area (Å²) in [6.45, 7) is 0.149. The Kier molecular flexibility index (Phi) is 6.90. The third kappa shape index (κ3) is 5.81. The second-order valence-corrected chi connectivity index (χ2v) is 8.92. The molecule has 12 heteroatoms. The molecule has 37 heavy (non-hydrogen) atoms. The first-order chi connectivity index (χ1) is 17.9. The van der Waals surface area contributed by atoms with Gasteiger partial charge in [-0.2, -0.15) is 0 Å². The van der Waals surface area contributed by atoms with Gasteiger partial charge in [-0.05, 0) is 35.9 Å². The zero-order chi connectivity index (χ0) is 25.8. The molecule has 0 saturated heterocycles. The van der Waals surface area contributed by atoms with E-state index in [1.165, 1.54) is 6.07 Å². The number of benzene rings is 3. The average Bonchev–Trinajstić information content (AvgIpc) is 3.55. The Hall–Kier alpha value is -4.58. The number of nitrogens with zero attached hydrogens (tertiary/aromatic N) is 2. The highest BCUT2D eigenvalue weighted by Crippen LogP contribution is 2.37. The number of carbonyl (C=O) groups excluding carboxylic acids is 2. The topological polar surface area (TPSA) is 114 Å². The molecule has 188 valence electrons. The van der Waals surface area contributed by atoms with E-state index in [0.29, 0.717) is 16.5 Å². The number of halogens is 2. The fourth-order valence-corrected chi connectivity index (χ4v) is 4.31. The van der Waals surface area contributed by atoms with Crippen molar-refractivity contribution in [2.75, 3.05) is 17.4 Å². The molecule has 5 rings (SSSR count). The summed E-state index contributed by atoms with van der Waals surface area (Å²) in [6, 6.07) is 15.6. The van der Waals surface area contributed by atoms with Crippen LogP contribution in [0.15, 0.2) is 66.7 Å². The van der Waals surface area contributed by atoms with Gasteiger partial charge in [-0.15, -0.1) is 10.2 Å². The van der Waals surface area contributed by atoms with Gasteiger partial charge in [0.05, 0.1) is 0 Å². The normalized spacial score (nSPS) is 12.6. The van der Waals surface area contributed by atoms with Gasteiger partial charge in [-0.3, -0.25) is 10.1 Å². The molecular weight excluding hydrogens is 504 g/mol. The zero-order valence-corrected chi connectivity index (χ0v) is 19.9. The maximum Gasteiger partial charge on any atom is 0.319 e. The molecule has 0 aliphatic carbocycles. The Morgan fingerprint density at radius 1 is 0.919 bits per heavy atom. The number of hydrogen-bond donors (Lipinski definition) is 3. The molecule has 0 saturated carbocycles. The van der Waals surface area contributed by atoms with Crippen LogP contribution in [-0.2, 0) is 11.2 Å². The van der Waals surface area contributed by atoms with E-state index in [9.17, 15) is 18.4 Å². The summed E-state index contributed by atoms with van der Waals surface area (Å²) in [7, 11) is 0. The van der Waals surface area contributed by atoms with Crippen molar-refractivity contribution in [3.63, 3.8) is 0 Å². The SMILES string of the molecule is O=C(Nc1ccc(F)c(F)c1)NC(Cc1ccccc1)C(=O)Nc1nnc(-c2ccc3c(c2)OCO3)s1. The molecule has 0 spiro atoms. The summed E-state index contributed by atoms with van der Waals surface area (Å²) in [4.78, 5) is 25.7. The third-order valence-corrected chi connectivity index (χ3v) is 6.24. The van der Waals surface area contributed by atoms with Crippen molar-refractivity contribution in [1.29, 1.82) is 0 Å². The molecule has 1 aliphatic rings. The van der Waals surface area contributed by atoms with Crippen LogP contribution in [-0.4, -0.2) is 35.0 Å². The number of ether oxygens (including phenoxy) is 2. The van der Waals surface area contributed by atoms with Crippen LogP contribution in [0.1, 0.15) is 5.56 Å². The van der Waals surface area contributed by atoms with Crippen molar-refractivity contribution in [3.05, 3.63) is 83.9 Å². The minimum Gasteiger partial charge on any atom is -0.454 e. The fourth-order valence-electron chi connectivity index (χ4n) is 3.57. The lowest BCUT2D eigenvalue weighted by Gasteiger charge is -2.18. The van der Waals surface area contributed by atoms with Gasteiger partial charge in [-0.25, -0.2) is 13.6 Å². The van der Waals surface area contributed by atoms with E-state index in [-0.39, 0.29) is 24.0 Å². The van der Waals surface area contributed by atoms with Crippen LogP contribution in [0, 0.1) is 11.6 Å². The summed E-state index contributed by atoms with van der Waals surface area (Å²) in [5.74, 6) is -1.44. The zero-order valence-electron chi connectivity index (χ0n) is 19.0. The Bertz CT molecular complexity index is 1450. The van der Waals surface area contributed by atoms with Gasteiger partial charge in [0.25, 0.3) is 0 Å². The van der Waals surface area contributed by atoms with Gasteiger partial charge in [0.2, 0.25) is 17.8 Å². The van der Waals surface area contributed by atoms with Crippen LogP contribution in [0.25, 0.3) is 10.6 Å². The first-order valence-electron chi connectivity index (χ1n) is 11.1. The van der Waals surface area contributed by atoms with Crippen LogP contribution in [0.3, 0.4) is 0 Å². The summed E-state index contributed by atoms with van der Waals surface area (Å²) in [6.07, 6.45) is 0.172. The molecule has 3 amide bonds. The number of aromatic nitrogens is 2.